The maximum atomic E-state index is 12.5. The van der Waals surface area contributed by atoms with E-state index in [2.05, 4.69) is 14.7 Å². The number of anilines is 2. The minimum Gasteiger partial charge on any atom is -0.399 e. The van der Waals surface area contributed by atoms with Gasteiger partial charge in [-0.1, -0.05) is 6.07 Å². The molecule has 6 nitrogen and oxygen atoms in total. The van der Waals surface area contributed by atoms with E-state index < -0.39 is 10.0 Å². The molecule has 0 atom stereocenters. The van der Waals surface area contributed by atoms with Crippen molar-refractivity contribution in [3.8, 4) is 0 Å². The summed E-state index contributed by atoms with van der Waals surface area (Å²) in [6, 6.07) is 8.49. The number of benzene rings is 1. The smallest absolute Gasteiger partial charge is 0.264 e. The van der Waals surface area contributed by atoms with E-state index in [1.165, 1.54) is 6.20 Å². The molecule has 0 spiro atoms. The fourth-order valence-corrected chi connectivity index (χ4v) is 3.39. The molecule has 0 fully saturated rings. The Morgan fingerprint density at radius 3 is 2.90 bits per heavy atom. The molecule has 3 aromatic rings. The molecule has 4 N–H and O–H groups in total. The number of pyridine rings is 1. The fraction of sp³-hybridized carbons (Fsp3) is 0.0714. The zero-order valence-corrected chi connectivity index (χ0v) is 12.1. The van der Waals surface area contributed by atoms with Gasteiger partial charge >= 0.3 is 0 Å². The van der Waals surface area contributed by atoms with E-state index in [1.54, 1.807) is 36.5 Å². The van der Waals surface area contributed by atoms with Crippen LogP contribution in [0.15, 0.2) is 47.6 Å². The summed E-state index contributed by atoms with van der Waals surface area (Å²) in [5.74, 6) is 0. The summed E-state index contributed by atoms with van der Waals surface area (Å²) < 4.78 is 27.6. The third kappa shape index (κ3) is 2.43. The van der Waals surface area contributed by atoms with Gasteiger partial charge in [0.15, 0.2) is 0 Å². The molecule has 108 valence electrons. The van der Waals surface area contributed by atoms with Crippen LogP contribution < -0.4 is 10.5 Å². The molecule has 0 saturated heterocycles. The second-order valence-electron chi connectivity index (χ2n) is 4.73. The number of aromatic nitrogens is 2. The molecule has 21 heavy (non-hydrogen) atoms. The predicted molar refractivity (Wildman–Crippen MR) is 82.5 cm³/mol. The van der Waals surface area contributed by atoms with Gasteiger partial charge in [0.05, 0.1) is 5.69 Å². The second kappa shape index (κ2) is 4.78. The summed E-state index contributed by atoms with van der Waals surface area (Å²) >= 11 is 0. The first-order chi connectivity index (χ1) is 9.97. The first-order valence-corrected chi connectivity index (χ1v) is 7.77. The summed E-state index contributed by atoms with van der Waals surface area (Å²) in [5, 5.41) is 0.548. The Labute approximate surface area is 122 Å². The SMILES string of the molecule is Cc1ccc(N)cc1NS(=O)(=O)c1c[nH]c2ncccc12. The molecule has 0 bridgehead atoms. The van der Waals surface area contributed by atoms with Crippen LogP contribution in [0.25, 0.3) is 11.0 Å². The van der Waals surface area contributed by atoms with Gasteiger partial charge in [-0.05, 0) is 36.8 Å². The lowest BCUT2D eigenvalue weighted by Gasteiger charge is -2.10. The van der Waals surface area contributed by atoms with Crippen molar-refractivity contribution in [3.05, 3.63) is 48.3 Å². The monoisotopic (exact) mass is 302 g/mol. The lowest BCUT2D eigenvalue weighted by Crippen LogP contribution is -2.13. The number of H-pyrrole nitrogens is 1. The van der Waals surface area contributed by atoms with Crippen molar-refractivity contribution in [1.29, 1.82) is 0 Å². The van der Waals surface area contributed by atoms with Crippen LogP contribution in [-0.4, -0.2) is 18.4 Å². The standard InChI is InChI=1S/C14H14N4O2S/c1-9-4-5-10(15)7-12(9)18-21(19,20)13-8-17-14-11(13)3-2-6-16-14/h2-8,18H,15H2,1H3,(H,16,17). The Kier molecular flexibility index (Phi) is 3.06. The number of fused-ring (bicyclic) bond motifs is 1. The van der Waals surface area contributed by atoms with Crippen molar-refractivity contribution in [2.75, 3.05) is 10.5 Å². The number of rotatable bonds is 3. The van der Waals surface area contributed by atoms with Crippen molar-refractivity contribution in [3.63, 3.8) is 0 Å². The highest BCUT2D eigenvalue weighted by Crippen LogP contribution is 2.25. The summed E-state index contributed by atoms with van der Waals surface area (Å²) in [6.45, 7) is 1.81. The van der Waals surface area contributed by atoms with Gasteiger partial charge in [-0.2, -0.15) is 0 Å². The number of nitrogens with two attached hydrogens (primary N) is 1. The highest BCUT2D eigenvalue weighted by molar-refractivity contribution is 7.93. The third-order valence-electron chi connectivity index (χ3n) is 3.21. The number of hydrogen-bond acceptors (Lipinski definition) is 4. The lowest BCUT2D eigenvalue weighted by atomic mass is 10.2. The largest absolute Gasteiger partial charge is 0.399 e. The summed E-state index contributed by atoms with van der Waals surface area (Å²) in [7, 11) is -3.71. The van der Waals surface area contributed by atoms with Gasteiger partial charge in [0, 0.05) is 23.5 Å². The van der Waals surface area contributed by atoms with Gasteiger partial charge in [-0.25, -0.2) is 13.4 Å². The maximum Gasteiger partial charge on any atom is 0.264 e. The quantitative estimate of drug-likeness (QED) is 0.646. The summed E-state index contributed by atoms with van der Waals surface area (Å²) in [4.78, 5) is 7.10. The number of hydrogen-bond donors (Lipinski definition) is 3. The molecular weight excluding hydrogens is 288 g/mol. The normalized spacial score (nSPS) is 11.7. The highest BCUT2D eigenvalue weighted by Gasteiger charge is 2.20. The maximum absolute atomic E-state index is 12.5. The summed E-state index contributed by atoms with van der Waals surface area (Å²) in [5.41, 5.74) is 8.00. The average molecular weight is 302 g/mol. The number of nitrogen functional groups attached to an aromatic ring is 1. The van der Waals surface area contributed by atoms with E-state index >= 15 is 0 Å². The molecule has 0 amide bonds. The molecule has 0 unspecified atom stereocenters. The topological polar surface area (TPSA) is 101 Å². The average Bonchev–Trinajstić information content (AvgIpc) is 2.87. The molecule has 1 aromatic carbocycles. The molecule has 0 saturated carbocycles. The molecule has 0 radical (unpaired) electrons. The zero-order valence-electron chi connectivity index (χ0n) is 11.3. The van der Waals surface area contributed by atoms with Crippen LogP contribution in [0.3, 0.4) is 0 Å². The van der Waals surface area contributed by atoms with Crippen molar-refractivity contribution in [1.82, 2.24) is 9.97 Å². The number of nitrogens with one attached hydrogen (secondary N) is 2. The molecule has 2 aromatic heterocycles. The zero-order chi connectivity index (χ0) is 15.0. The Morgan fingerprint density at radius 2 is 2.10 bits per heavy atom. The van der Waals surface area contributed by atoms with E-state index in [4.69, 9.17) is 5.73 Å². The van der Waals surface area contributed by atoms with Crippen LogP contribution in [0.5, 0.6) is 0 Å². The minimum atomic E-state index is -3.71. The van der Waals surface area contributed by atoms with Crippen molar-refractivity contribution in [2.45, 2.75) is 11.8 Å². The molecule has 0 aliphatic carbocycles. The van der Waals surface area contributed by atoms with Crippen LogP contribution in [0.2, 0.25) is 0 Å². The van der Waals surface area contributed by atoms with Crippen LogP contribution in [-0.2, 0) is 10.0 Å². The van der Waals surface area contributed by atoms with E-state index in [0.717, 1.165) is 5.56 Å². The van der Waals surface area contributed by atoms with Gasteiger partial charge in [0.1, 0.15) is 10.5 Å². The number of nitrogens with zero attached hydrogens (tertiary/aromatic N) is 1. The number of sulfonamides is 1. The van der Waals surface area contributed by atoms with Gasteiger partial charge in [-0.15, -0.1) is 0 Å². The molecule has 2 heterocycles. The predicted octanol–water partition coefficient (Wildman–Crippen LogP) is 2.25. The van der Waals surface area contributed by atoms with Crippen molar-refractivity contribution in [2.24, 2.45) is 0 Å². The van der Waals surface area contributed by atoms with Gasteiger partial charge in [0.25, 0.3) is 10.0 Å². The van der Waals surface area contributed by atoms with E-state index in [1.807, 2.05) is 6.92 Å². The summed E-state index contributed by atoms with van der Waals surface area (Å²) in [6.07, 6.45) is 3.03. The van der Waals surface area contributed by atoms with Crippen molar-refractivity contribution < 1.29 is 8.42 Å². The molecular formula is C14H14N4O2S. The Bertz CT molecular complexity index is 916. The third-order valence-corrected chi connectivity index (χ3v) is 4.61. The van der Waals surface area contributed by atoms with Crippen molar-refractivity contribution >= 4 is 32.4 Å². The van der Waals surface area contributed by atoms with Crippen LogP contribution >= 0.6 is 0 Å². The Hall–Kier alpha value is -2.54. The molecule has 0 aliphatic heterocycles. The van der Waals surface area contributed by atoms with Gasteiger partial charge in [0.2, 0.25) is 0 Å². The van der Waals surface area contributed by atoms with Crippen LogP contribution in [0.1, 0.15) is 5.56 Å². The van der Waals surface area contributed by atoms with E-state index in [-0.39, 0.29) is 4.90 Å². The minimum absolute atomic E-state index is 0.160. The van der Waals surface area contributed by atoms with Gasteiger partial charge in [-0.3, -0.25) is 4.72 Å². The van der Waals surface area contributed by atoms with Crippen LogP contribution in [0, 0.1) is 6.92 Å². The molecule has 0 aliphatic rings. The Morgan fingerprint density at radius 1 is 1.29 bits per heavy atom. The number of aryl methyl sites for hydroxylation is 1. The van der Waals surface area contributed by atoms with E-state index in [0.29, 0.717) is 22.4 Å². The van der Waals surface area contributed by atoms with E-state index in [9.17, 15) is 8.42 Å². The number of aromatic amines is 1. The first kappa shape index (κ1) is 13.4. The second-order valence-corrected chi connectivity index (χ2v) is 6.38. The van der Waals surface area contributed by atoms with Gasteiger partial charge < -0.3 is 10.7 Å². The fourth-order valence-electron chi connectivity index (χ4n) is 2.10. The lowest BCUT2D eigenvalue weighted by molar-refractivity contribution is 0.602. The first-order valence-electron chi connectivity index (χ1n) is 6.28. The highest BCUT2D eigenvalue weighted by atomic mass is 32.2. The molecule has 3 rings (SSSR count). The molecule has 7 heteroatoms. The Balaban J connectivity index is 2.07. The van der Waals surface area contributed by atoms with Crippen LogP contribution in [0.4, 0.5) is 11.4 Å².